The van der Waals surface area contributed by atoms with Gasteiger partial charge in [-0.25, -0.2) is 8.42 Å². The average Bonchev–Trinajstić information content (AvgIpc) is 3.12. The van der Waals surface area contributed by atoms with E-state index in [-0.39, 0.29) is 23.2 Å². The molecule has 3 aromatic rings. The number of carbonyl (C=O) groups excluding carboxylic acids is 1. The van der Waals surface area contributed by atoms with E-state index < -0.39 is 10.0 Å². The van der Waals surface area contributed by atoms with Crippen molar-refractivity contribution in [3.63, 3.8) is 0 Å². The summed E-state index contributed by atoms with van der Waals surface area (Å²) >= 11 is 3.46. The molecule has 1 amide bonds. The smallest absolute Gasteiger partial charge is 0.263 e. The van der Waals surface area contributed by atoms with Gasteiger partial charge in [0.1, 0.15) is 11.5 Å². The van der Waals surface area contributed by atoms with Gasteiger partial charge in [-0.2, -0.15) is 0 Å². The van der Waals surface area contributed by atoms with Crippen molar-refractivity contribution in [3.05, 3.63) is 64.3 Å². The molecule has 31 heavy (non-hydrogen) atoms. The molecule has 0 aliphatic carbocycles. The maximum absolute atomic E-state index is 12.4. The van der Waals surface area contributed by atoms with E-state index in [2.05, 4.69) is 38.0 Å². The molecule has 0 spiro atoms. The number of nitrogens with one attached hydrogen (secondary N) is 2. The van der Waals surface area contributed by atoms with E-state index in [0.717, 1.165) is 17.3 Å². The molecule has 0 aliphatic rings. The first-order valence-electron chi connectivity index (χ1n) is 9.54. The zero-order valence-electron chi connectivity index (χ0n) is 17.0. The maximum atomic E-state index is 12.4. The summed E-state index contributed by atoms with van der Waals surface area (Å²) in [6.07, 6.45) is 2.02. The Morgan fingerprint density at radius 1 is 1.16 bits per heavy atom. The molecule has 8 nitrogen and oxygen atoms in total. The summed E-state index contributed by atoms with van der Waals surface area (Å²) in [5.74, 6) is 0.796. The number of aromatic nitrogens is 1. The summed E-state index contributed by atoms with van der Waals surface area (Å²) in [4.78, 5) is 12.2. The van der Waals surface area contributed by atoms with E-state index in [4.69, 9.17) is 9.26 Å². The monoisotopic (exact) mass is 507 g/mol. The summed E-state index contributed by atoms with van der Waals surface area (Å²) < 4.78 is 38.3. The molecule has 0 unspecified atom stereocenters. The Bertz CT molecular complexity index is 1160. The Kier molecular flexibility index (Phi) is 7.34. The van der Waals surface area contributed by atoms with E-state index >= 15 is 0 Å². The lowest BCUT2D eigenvalue weighted by molar-refractivity contribution is -0.118. The van der Waals surface area contributed by atoms with Gasteiger partial charge in [-0.15, -0.1) is 0 Å². The molecule has 2 aromatic carbocycles. The molecule has 10 heteroatoms. The van der Waals surface area contributed by atoms with Gasteiger partial charge >= 0.3 is 0 Å². The lowest BCUT2D eigenvalue weighted by Gasteiger charge is -2.11. The van der Waals surface area contributed by atoms with Crippen LogP contribution in [0.15, 0.2) is 62.4 Å². The zero-order chi connectivity index (χ0) is 22.4. The topological polar surface area (TPSA) is 111 Å². The standard InChI is InChI=1S/C21H22BrN3O5S/c1-3-4-15-5-10-19(18(22)12-15)29-13-21(26)23-16-6-8-17(9-7-16)31(27,28)25-20-11-14(2)30-24-20/h5-12H,3-4,13H2,1-2H3,(H,23,26)(H,24,25). The molecule has 0 atom stereocenters. The number of hydrogen-bond donors (Lipinski definition) is 2. The molecule has 0 fully saturated rings. The summed E-state index contributed by atoms with van der Waals surface area (Å²) in [6.45, 7) is 3.59. The van der Waals surface area contributed by atoms with Crippen LogP contribution in [0.25, 0.3) is 0 Å². The first-order valence-corrected chi connectivity index (χ1v) is 11.8. The normalized spacial score (nSPS) is 11.2. The minimum Gasteiger partial charge on any atom is -0.483 e. The van der Waals surface area contributed by atoms with Crippen molar-refractivity contribution in [3.8, 4) is 5.75 Å². The highest BCUT2D eigenvalue weighted by Gasteiger charge is 2.16. The molecule has 164 valence electrons. The molecular formula is C21H22BrN3O5S. The number of hydrogen-bond acceptors (Lipinski definition) is 6. The molecule has 0 aliphatic heterocycles. The molecular weight excluding hydrogens is 486 g/mol. The number of amides is 1. The van der Waals surface area contributed by atoms with Gasteiger partial charge in [0.15, 0.2) is 12.4 Å². The second kappa shape index (κ2) is 9.97. The number of carbonyl (C=O) groups is 1. The van der Waals surface area contributed by atoms with E-state index in [0.29, 0.717) is 17.2 Å². The number of nitrogens with zero attached hydrogens (tertiary/aromatic N) is 1. The quantitative estimate of drug-likeness (QED) is 0.440. The number of aryl methyl sites for hydroxylation is 2. The predicted molar refractivity (Wildman–Crippen MR) is 121 cm³/mol. The molecule has 2 N–H and O–H groups in total. The van der Waals surface area contributed by atoms with Crippen LogP contribution in [-0.4, -0.2) is 26.1 Å². The first-order chi connectivity index (χ1) is 14.8. The summed E-state index contributed by atoms with van der Waals surface area (Å²) in [5.41, 5.74) is 1.64. The van der Waals surface area contributed by atoms with Crippen LogP contribution in [0.4, 0.5) is 11.5 Å². The van der Waals surface area contributed by atoms with Crippen molar-refractivity contribution < 1.29 is 22.5 Å². The fourth-order valence-electron chi connectivity index (χ4n) is 2.77. The molecule has 3 rings (SSSR count). The highest BCUT2D eigenvalue weighted by molar-refractivity contribution is 9.10. The molecule has 0 saturated heterocycles. The Hall–Kier alpha value is -2.85. The highest BCUT2D eigenvalue weighted by Crippen LogP contribution is 2.26. The third-order valence-electron chi connectivity index (χ3n) is 4.21. The number of benzene rings is 2. The minimum atomic E-state index is -3.82. The van der Waals surface area contributed by atoms with E-state index in [1.807, 2.05) is 18.2 Å². The third kappa shape index (κ3) is 6.31. The van der Waals surface area contributed by atoms with Gasteiger partial charge in [0.25, 0.3) is 15.9 Å². The third-order valence-corrected chi connectivity index (χ3v) is 6.20. The van der Waals surface area contributed by atoms with Crippen LogP contribution in [0.1, 0.15) is 24.7 Å². The molecule has 0 radical (unpaired) electrons. The van der Waals surface area contributed by atoms with Gasteiger partial charge < -0.3 is 14.6 Å². The summed E-state index contributed by atoms with van der Waals surface area (Å²) in [6, 6.07) is 13.0. The zero-order valence-corrected chi connectivity index (χ0v) is 19.4. The minimum absolute atomic E-state index is 0.0264. The van der Waals surface area contributed by atoms with Crippen LogP contribution in [-0.2, 0) is 21.2 Å². The van der Waals surface area contributed by atoms with Crippen molar-refractivity contribution in [1.82, 2.24) is 5.16 Å². The highest BCUT2D eigenvalue weighted by atomic mass is 79.9. The van der Waals surface area contributed by atoms with Crippen LogP contribution in [0.3, 0.4) is 0 Å². The number of sulfonamides is 1. The predicted octanol–water partition coefficient (Wildman–Crippen LogP) is 4.52. The second-order valence-electron chi connectivity index (χ2n) is 6.80. The Labute approximate surface area is 189 Å². The molecule has 0 saturated carbocycles. The maximum Gasteiger partial charge on any atom is 0.263 e. The van der Waals surface area contributed by atoms with E-state index in [1.165, 1.54) is 35.9 Å². The molecule has 1 heterocycles. The van der Waals surface area contributed by atoms with Gasteiger partial charge in [-0.3, -0.25) is 9.52 Å². The van der Waals surface area contributed by atoms with Gasteiger partial charge in [0.2, 0.25) is 0 Å². The first kappa shape index (κ1) is 22.8. The fraction of sp³-hybridized carbons (Fsp3) is 0.238. The van der Waals surface area contributed by atoms with Crippen molar-refractivity contribution >= 4 is 43.4 Å². The Morgan fingerprint density at radius 2 is 1.90 bits per heavy atom. The number of anilines is 2. The molecule has 1 aromatic heterocycles. The summed E-state index contributed by atoms with van der Waals surface area (Å²) in [5, 5.41) is 6.28. The van der Waals surface area contributed by atoms with Crippen molar-refractivity contribution in [2.75, 3.05) is 16.6 Å². The largest absolute Gasteiger partial charge is 0.483 e. The SMILES string of the molecule is CCCc1ccc(OCC(=O)Nc2ccc(S(=O)(=O)Nc3cc(C)on3)cc2)c(Br)c1. The summed E-state index contributed by atoms with van der Waals surface area (Å²) in [7, 11) is -3.82. The second-order valence-corrected chi connectivity index (χ2v) is 9.34. The van der Waals surface area contributed by atoms with Gasteiger partial charge in [-0.05, 0) is 71.2 Å². The fourth-order valence-corrected chi connectivity index (χ4v) is 4.30. The molecule has 0 bridgehead atoms. The average molecular weight is 508 g/mol. The van der Waals surface area contributed by atoms with E-state index in [9.17, 15) is 13.2 Å². The Balaban J connectivity index is 1.56. The van der Waals surface area contributed by atoms with E-state index in [1.54, 1.807) is 6.92 Å². The van der Waals surface area contributed by atoms with Gasteiger partial charge in [0.05, 0.1) is 9.37 Å². The van der Waals surface area contributed by atoms with Crippen LogP contribution in [0.5, 0.6) is 5.75 Å². The Morgan fingerprint density at radius 3 is 2.52 bits per heavy atom. The number of rotatable bonds is 9. The van der Waals surface area contributed by atoms with Gasteiger partial charge in [-0.1, -0.05) is 24.6 Å². The van der Waals surface area contributed by atoms with Crippen LogP contribution in [0, 0.1) is 6.92 Å². The number of halogens is 1. The van der Waals surface area contributed by atoms with Crippen molar-refractivity contribution in [2.24, 2.45) is 0 Å². The van der Waals surface area contributed by atoms with Crippen LogP contribution < -0.4 is 14.8 Å². The lowest BCUT2D eigenvalue weighted by atomic mass is 10.1. The van der Waals surface area contributed by atoms with Crippen molar-refractivity contribution in [1.29, 1.82) is 0 Å². The van der Waals surface area contributed by atoms with Crippen LogP contribution >= 0.6 is 15.9 Å². The van der Waals surface area contributed by atoms with Crippen molar-refractivity contribution in [2.45, 2.75) is 31.6 Å². The van der Waals surface area contributed by atoms with Gasteiger partial charge in [0, 0.05) is 11.8 Å². The van der Waals surface area contributed by atoms with Crippen LogP contribution in [0.2, 0.25) is 0 Å². The number of ether oxygens (including phenoxy) is 1. The lowest BCUT2D eigenvalue weighted by Crippen LogP contribution is -2.20.